The van der Waals surface area contributed by atoms with E-state index in [1.165, 1.54) is 12.3 Å². The van der Waals surface area contributed by atoms with Crippen molar-refractivity contribution in [3.8, 4) is 0 Å². The van der Waals surface area contributed by atoms with Crippen LogP contribution in [0.2, 0.25) is 0 Å². The maximum Gasteiger partial charge on any atom is 0.393 e. The molecule has 0 amide bonds. The lowest BCUT2D eigenvalue weighted by Gasteiger charge is -2.27. The van der Waals surface area contributed by atoms with Crippen LogP contribution in [0, 0.1) is 10.8 Å². The molecule has 0 aliphatic rings. The molecule has 0 rings (SSSR count). The van der Waals surface area contributed by atoms with Crippen molar-refractivity contribution in [1.29, 1.82) is 5.41 Å². The third-order valence-electron chi connectivity index (χ3n) is 3.60. The smallest absolute Gasteiger partial charge is 0.362 e. The highest BCUT2D eigenvalue weighted by Gasteiger charge is 2.46. The van der Waals surface area contributed by atoms with E-state index in [9.17, 15) is 13.2 Å². The number of hydrogen-bond donors (Lipinski definition) is 2. The second kappa shape index (κ2) is 9.30. The highest BCUT2D eigenvalue weighted by molar-refractivity contribution is 5.92. The van der Waals surface area contributed by atoms with Crippen molar-refractivity contribution in [3.05, 3.63) is 60.5 Å². The first kappa shape index (κ1) is 22.0. The van der Waals surface area contributed by atoms with Gasteiger partial charge in [-0.2, -0.15) is 13.2 Å². The van der Waals surface area contributed by atoms with Gasteiger partial charge in [0.1, 0.15) is 0 Å². The van der Waals surface area contributed by atoms with Gasteiger partial charge >= 0.3 is 6.18 Å². The molecule has 24 heavy (non-hydrogen) atoms. The zero-order valence-electron chi connectivity index (χ0n) is 14.8. The van der Waals surface area contributed by atoms with Crippen LogP contribution < -0.4 is 5.32 Å². The van der Waals surface area contributed by atoms with Crippen LogP contribution in [0.5, 0.6) is 0 Å². The predicted octanol–water partition coefficient (Wildman–Crippen LogP) is 6.07. The molecule has 0 fully saturated rings. The highest BCUT2D eigenvalue weighted by atomic mass is 19.4. The third kappa shape index (κ3) is 7.99. The second-order valence-corrected chi connectivity index (χ2v) is 6.40. The summed E-state index contributed by atoms with van der Waals surface area (Å²) in [5.41, 5.74) is 1.06. The summed E-state index contributed by atoms with van der Waals surface area (Å²) in [6.07, 6.45) is 4.00. The minimum atomic E-state index is -4.26. The van der Waals surface area contributed by atoms with E-state index >= 15 is 0 Å². The average molecular weight is 340 g/mol. The van der Waals surface area contributed by atoms with Crippen LogP contribution in [0.4, 0.5) is 13.2 Å². The van der Waals surface area contributed by atoms with Gasteiger partial charge in [-0.1, -0.05) is 44.7 Å². The standard InChI is InChI=1S/C19H27F3N2/c1-7-16(14(2)3)9-8-15(4)24-13-11-17(23)10-12-18(5,6)19(20,21)22/h7-9,11,13,23-24H,1,4,10,12H2,2-3,5-6H3/b9-8-,13-11-,23-17?. The molecule has 134 valence electrons. The summed E-state index contributed by atoms with van der Waals surface area (Å²) in [5, 5.41) is 10.6. The van der Waals surface area contributed by atoms with Gasteiger partial charge in [0.2, 0.25) is 0 Å². The van der Waals surface area contributed by atoms with E-state index in [0.717, 1.165) is 25.0 Å². The van der Waals surface area contributed by atoms with Gasteiger partial charge in [0.15, 0.2) is 0 Å². The Balaban J connectivity index is 4.45. The molecule has 0 saturated carbocycles. The highest BCUT2D eigenvalue weighted by Crippen LogP contribution is 2.41. The van der Waals surface area contributed by atoms with Gasteiger partial charge in [0.05, 0.1) is 5.41 Å². The van der Waals surface area contributed by atoms with Crippen LogP contribution in [0.1, 0.15) is 40.5 Å². The van der Waals surface area contributed by atoms with Crippen molar-refractivity contribution >= 4 is 5.71 Å². The van der Waals surface area contributed by atoms with Gasteiger partial charge < -0.3 is 10.7 Å². The summed E-state index contributed by atoms with van der Waals surface area (Å²) in [7, 11) is 0. The molecule has 0 heterocycles. The van der Waals surface area contributed by atoms with E-state index in [2.05, 4.69) is 18.5 Å². The first-order chi connectivity index (χ1) is 10.9. The summed E-state index contributed by atoms with van der Waals surface area (Å²) < 4.78 is 38.2. The fraction of sp³-hybridized carbons (Fsp3) is 0.421. The molecular formula is C19H27F3N2. The van der Waals surface area contributed by atoms with Crippen LogP contribution in [-0.4, -0.2) is 11.9 Å². The molecule has 0 unspecified atom stereocenters. The fourth-order valence-corrected chi connectivity index (χ4v) is 1.60. The molecule has 0 radical (unpaired) electrons. The van der Waals surface area contributed by atoms with E-state index in [-0.39, 0.29) is 18.6 Å². The van der Waals surface area contributed by atoms with E-state index in [4.69, 9.17) is 5.41 Å². The minimum absolute atomic E-state index is 0.0609. The topological polar surface area (TPSA) is 35.9 Å². The lowest BCUT2D eigenvalue weighted by atomic mass is 9.86. The number of rotatable bonds is 9. The lowest BCUT2D eigenvalue weighted by Crippen LogP contribution is -2.32. The summed E-state index contributed by atoms with van der Waals surface area (Å²) in [5.74, 6) is 0. The Morgan fingerprint density at radius 3 is 2.17 bits per heavy atom. The van der Waals surface area contributed by atoms with Crippen molar-refractivity contribution in [1.82, 2.24) is 5.32 Å². The lowest BCUT2D eigenvalue weighted by molar-refractivity contribution is -0.213. The molecule has 0 aromatic rings. The Hall–Kier alpha value is -2.04. The summed E-state index contributed by atoms with van der Waals surface area (Å²) in [4.78, 5) is 0. The Morgan fingerprint density at radius 1 is 1.12 bits per heavy atom. The number of halogens is 3. The van der Waals surface area contributed by atoms with Crippen molar-refractivity contribution < 1.29 is 13.2 Å². The number of allylic oxidation sites excluding steroid dienone is 6. The Labute approximate surface area is 143 Å². The molecule has 0 spiro atoms. The molecule has 0 aliphatic carbocycles. The average Bonchev–Trinajstić information content (AvgIpc) is 2.44. The first-order valence-corrected chi connectivity index (χ1v) is 7.65. The molecule has 0 saturated heterocycles. The van der Waals surface area contributed by atoms with Gasteiger partial charge in [-0.05, 0) is 44.4 Å². The molecule has 0 bridgehead atoms. The van der Waals surface area contributed by atoms with Gasteiger partial charge in [0.25, 0.3) is 0 Å². The zero-order valence-corrected chi connectivity index (χ0v) is 14.8. The molecule has 0 aromatic heterocycles. The Kier molecular flexibility index (Phi) is 8.51. The Morgan fingerprint density at radius 2 is 1.71 bits per heavy atom. The summed E-state index contributed by atoms with van der Waals surface area (Å²) in [6, 6.07) is 0. The molecule has 2 nitrogen and oxygen atoms in total. The van der Waals surface area contributed by atoms with E-state index in [1.54, 1.807) is 12.2 Å². The first-order valence-electron chi connectivity index (χ1n) is 7.65. The van der Waals surface area contributed by atoms with E-state index in [0.29, 0.717) is 5.70 Å². The van der Waals surface area contributed by atoms with Crippen LogP contribution in [0.15, 0.2) is 60.5 Å². The SMILES string of the molecule is C=CC(/C=C\C(=C)N/C=C\C(=N)CCC(C)(C)C(F)(F)F)=C(C)C. The van der Waals surface area contributed by atoms with E-state index in [1.807, 2.05) is 19.9 Å². The van der Waals surface area contributed by atoms with Crippen LogP contribution in [0.25, 0.3) is 0 Å². The maximum atomic E-state index is 12.7. The number of hydrogen-bond acceptors (Lipinski definition) is 2. The zero-order chi connectivity index (χ0) is 19.0. The molecule has 0 aromatic carbocycles. The largest absolute Gasteiger partial charge is 0.393 e. The molecule has 5 heteroatoms. The van der Waals surface area contributed by atoms with E-state index < -0.39 is 11.6 Å². The molecule has 0 aliphatic heterocycles. The van der Waals surface area contributed by atoms with Gasteiger partial charge in [-0.3, -0.25) is 0 Å². The maximum absolute atomic E-state index is 12.7. The van der Waals surface area contributed by atoms with Crippen molar-refractivity contribution in [3.63, 3.8) is 0 Å². The van der Waals surface area contributed by atoms with Crippen molar-refractivity contribution in [2.24, 2.45) is 5.41 Å². The fourth-order valence-electron chi connectivity index (χ4n) is 1.60. The molecule has 0 atom stereocenters. The van der Waals surface area contributed by atoms with Crippen LogP contribution >= 0.6 is 0 Å². The van der Waals surface area contributed by atoms with Crippen molar-refractivity contribution in [2.75, 3.05) is 0 Å². The Bertz CT molecular complexity index is 558. The second-order valence-electron chi connectivity index (χ2n) is 6.40. The number of alkyl halides is 3. The van der Waals surface area contributed by atoms with Crippen molar-refractivity contribution in [2.45, 2.75) is 46.7 Å². The number of nitrogens with one attached hydrogen (secondary N) is 2. The monoisotopic (exact) mass is 340 g/mol. The predicted molar refractivity (Wildman–Crippen MR) is 95.9 cm³/mol. The summed E-state index contributed by atoms with van der Waals surface area (Å²) in [6.45, 7) is 13.8. The van der Waals surface area contributed by atoms with Gasteiger partial charge in [-0.25, -0.2) is 0 Å². The van der Waals surface area contributed by atoms with Crippen LogP contribution in [-0.2, 0) is 0 Å². The molecule has 2 N–H and O–H groups in total. The normalized spacial score (nSPS) is 12.5. The molecular weight excluding hydrogens is 313 g/mol. The minimum Gasteiger partial charge on any atom is -0.362 e. The van der Waals surface area contributed by atoms with Crippen LogP contribution in [0.3, 0.4) is 0 Å². The van der Waals surface area contributed by atoms with Gasteiger partial charge in [-0.15, -0.1) is 0 Å². The third-order valence-corrected chi connectivity index (χ3v) is 3.60. The quantitative estimate of drug-likeness (QED) is 0.388. The summed E-state index contributed by atoms with van der Waals surface area (Å²) >= 11 is 0. The van der Waals surface area contributed by atoms with Gasteiger partial charge in [0, 0.05) is 17.6 Å².